The van der Waals surface area contributed by atoms with E-state index < -0.39 is 0 Å². The molecule has 0 saturated carbocycles. The quantitative estimate of drug-likeness (QED) is 0.792. The van der Waals surface area contributed by atoms with Gasteiger partial charge in [0.25, 0.3) is 0 Å². The molecule has 0 aromatic carbocycles. The molecule has 2 aromatic heterocycles. The first-order chi connectivity index (χ1) is 10.3. The van der Waals surface area contributed by atoms with Crippen molar-refractivity contribution in [1.29, 1.82) is 0 Å². The van der Waals surface area contributed by atoms with Crippen LogP contribution in [0.2, 0.25) is 0 Å². The molecule has 0 aliphatic carbocycles. The van der Waals surface area contributed by atoms with Crippen molar-refractivity contribution < 1.29 is 0 Å². The molecule has 4 N–H and O–H groups in total. The van der Waals surface area contributed by atoms with Crippen molar-refractivity contribution in [2.45, 2.75) is 12.0 Å². The number of hydrogen-bond acceptors (Lipinski definition) is 7. The van der Waals surface area contributed by atoms with Gasteiger partial charge in [0.2, 0.25) is 11.9 Å². The number of nitrogen functional groups attached to an aromatic ring is 1. The Morgan fingerprint density at radius 2 is 2.00 bits per heavy atom. The zero-order valence-corrected chi connectivity index (χ0v) is 11.1. The molecule has 2 atom stereocenters. The van der Waals surface area contributed by atoms with Crippen molar-refractivity contribution in [3.05, 3.63) is 54.1 Å². The molecule has 0 bridgehead atoms. The summed E-state index contributed by atoms with van der Waals surface area (Å²) in [6, 6.07) is 5.81. The highest BCUT2D eigenvalue weighted by Crippen LogP contribution is 2.43. The number of fused-ring (bicyclic) bond motifs is 3. The maximum Gasteiger partial charge on any atom is 0.220 e. The van der Waals surface area contributed by atoms with Gasteiger partial charge < -0.3 is 11.5 Å². The van der Waals surface area contributed by atoms with E-state index in [1.54, 1.807) is 18.6 Å². The van der Waals surface area contributed by atoms with E-state index in [4.69, 9.17) is 11.5 Å². The van der Waals surface area contributed by atoms with Crippen LogP contribution >= 0.6 is 0 Å². The maximum absolute atomic E-state index is 6.03. The van der Waals surface area contributed by atoms with Crippen molar-refractivity contribution in [2.24, 2.45) is 10.7 Å². The summed E-state index contributed by atoms with van der Waals surface area (Å²) in [5, 5.41) is 0. The summed E-state index contributed by atoms with van der Waals surface area (Å²) in [5.74, 6) is 1.52. The van der Waals surface area contributed by atoms with Crippen molar-refractivity contribution in [1.82, 2.24) is 15.0 Å². The van der Waals surface area contributed by atoms with Gasteiger partial charge in [0.15, 0.2) is 0 Å². The van der Waals surface area contributed by atoms with Gasteiger partial charge in [-0.3, -0.25) is 4.90 Å². The van der Waals surface area contributed by atoms with E-state index in [0.717, 1.165) is 17.1 Å². The Balaban J connectivity index is 1.91. The van der Waals surface area contributed by atoms with Gasteiger partial charge in [-0.15, -0.1) is 0 Å². The number of nitrogens with zero attached hydrogens (tertiary/aromatic N) is 5. The Kier molecular flexibility index (Phi) is 2.41. The molecule has 104 valence electrons. The van der Waals surface area contributed by atoms with E-state index >= 15 is 0 Å². The largest absolute Gasteiger partial charge is 0.369 e. The van der Waals surface area contributed by atoms with Crippen LogP contribution in [0.3, 0.4) is 0 Å². The predicted octanol–water partition coefficient (Wildman–Crippen LogP) is 0.616. The average Bonchev–Trinajstić information content (AvgIpc) is 2.83. The van der Waals surface area contributed by atoms with Crippen molar-refractivity contribution in [2.75, 3.05) is 10.6 Å². The highest BCUT2D eigenvalue weighted by Gasteiger charge is 2.42. The van der Waals surface area contributed by atoms with Crippen LogP contribution < -0.4 is 16.4 Å². The predicted molar refractivity (Wildman–Crippen MR) is 79.6 cm³/mol. The highest BCUT2D eigenvalue weighted by atomic mass is 15.3. The average molecular weight is 279 g/mol. The van der Waals surface area contributed by atoms with E-state index in [9.17, 15) is 0 Å². The first kappa shape index (κ1) is 11.8. The number of pyridine rings is 1. The lowest BCUT2D eigenvalue weighted by molar-refractivity contribution is 0.708. The zero-order valence-electron chi connectivity index (χ0n) is 11.1. The number of guanidine groups is 1. The Labute approximate surface area is 121 Å². The lowest BCUT2D eigenvalue weighted by Gasteiger charge is -2.28. The monoisotopic (exact) mass is 279 g/mol. The molecule has 0 saturated heterocycles. The van der Waals surface area contributed by atoms with Crippen LogP contribution in [0.1, 0.15) is 17.2 Å². The lowest BCUT2D eigenvalue weighted by atomic mass is 9.92. The smallest absolute Gasteiger partial charge is 0.220 e. The molecule has 7 heteroatoms. The van der Waals surface area contributed by atoms with Gasteiger partial charge in [-0.1, -0.05) is 6.07 Å². The van der Waals surface area contributed by atoms with E-state index in [0.29, 0.717) is 5.96 Å². The molecule has 2 unspecified atom stereocenters. The number of hydrogen-bond donors (Lipinski definition) is 2. The molecule has 2 aromatic rings. The SMILES string of the molecule is NC1=NC=CC2C(c3ccnc(N)n3)c3cccnc3N12. The molecule has 0 radical (unpaired) electrons. The number of aromatic nitrogens is 3. The number of rotatable bonds is 1. The van der Waals surface area contributed by atoms with E-state index in [1.807, 2.05) is 29.2 Å². The minimum absolute atomic E-state index is 0.00157. The van der Waals surface area contributed by atoms with Crippen LogP contribution in [0.15, 0.2) is 47.9 Å². The van der Waals surface area contributed by atoms with Gasteiger partial charge in [-0.25, -0.2) is 19.9 Å². The van der Waals surface area contributed by atoms with Gasteiger partial charge in [0.05, 0.1) is 17.7 Å². The van der Waals surface area contributed by atoms with Crippen LogP contribution in [0.25, 0.3) is 0 Å². The van der Waals surface area contributed by atoms with Gasteiger partial charge >= 0.3 is 0 Å². The molecule has 2 aliphatic rings. The fourth-order valence-corrected chi connectivity index (χ4v) is 2.95. The molecule has 21 heavy (non-hydrogen) atoms. The topological polar surface area (TPSA) is 106 Å². The third-order valence-electron chi connectivity index (χ3n) is 3.77. The summed E-state index contributed by atoms with van der Waals surface area (Å²) >= 11 is 0. The zero-order chi connectivity index (χ0) is 14.4. The standard InChI is InChI=1S/C14H13N7/c15-13-18-6-3-9(20-13)11-8-2-1-5-17-12(8)21-10(11)4-7-19-14(21)16/h1-7,10-11H,(H2,16,19)(H2,15,18,20). The lowest BCUT2D eigenvalue weighted by Crippen LogP contribution is -2.44. The third-order valence-corrected chi connectivity index (χ3v) is 3.77. The number of anilines is 2. The van der Waals surface area contributed by atoms with Crippen LogP contribution in [0.4, 0.5) is 11.8 Å². The summed E-state index contributed by atoms with van der Waals surface area (Å²) in [7, 11) is 0. The van der Waals surface area contributed by atoms with E-state index in [-0.39, 0.29) is 17.9 Å². The maximum atomic E-state index is 6.03. The van der Waals surface area contributed by atoms with Crippen molar-refractivity contribution in [3.8, 4) is 0 Å². The third kappa shape index (κ3) is 1.67. The first-order valence-electron chi connectivity index (χ1n) is 6.58. The molecule has 0 spiro atoms. The molecule has 0 fully saturated rings. The summed E-state index contributed by atoms with van der Waals surface area (Å²) in [4.78, 5) is 18.9. The Morgan fingerprint density at radius 3 is 2.86 bits per heavy atom. The molecule has 4 heterocycles. The minimum Gasteiger partial charge on any atom is -0.369 e. The van der Waals surface area contributed by atoms with Gasteiger partial charge in [0.1, 0.15) is 5.82 Å². The molecule has 0 amide bonds. The summed E-state index contributed by atoms with van der Waals surface area (Å²) in [5.41, 5.74) is 13.7. The van der Waals surface area contributed by atoms with Crippen LogP contribution in [-0.2, 0) is 0 Å². The van der Waals surface area contributed by atoms with Crippen molar-refractivity contribution in [3.63, 3.8) is 0 Å². The van der Waals surface area contributed by atoms with Gasteiger partial charge in [0, 0.05) is 24.2 Å². The summed E-state index contributed by atoms with van der Waals surface area (Å²) in [6.07, 6.45) is 7.14. The summed E-state index contributed by atoms with van der Waals surface area (Å²) < 4.78 is 0. The Bertz CT molecular complexity index is 767. The molecular weight excluding hydrogens is 266 g/mol. The fraction of sp³-hybridized carbons (Fsp3) is 0.143. The second-order valence-electron chi connectivity index (χ2n) is 4.92. The fourth-order valence-electron chi connectivity index (χ4n) is 2.95. The van der Waals surface area contributed by atoms with Crippen LogP contribution in [-0.4, -0.2) is 27.0 Å². The normalized spacial score (nSPS) is 22.7. The van der Waals surface area contributed by atoms with Crippen molar-refractivity contribution >= 4 is 17.7 Å². The Hall–Kier alpha value is -2.96. The Morgan fingerprint density at radius 1 is 1.10 bits per heavy atom. The molecule has 4 rings (SSSR count). The van der Waals surface area contributed by atoms with E-state index in [2.05, 4.69) is 19.9 Å². The highest BCUT2D eigenvalue weighted by molar-refractivity contribution is 5.98. The number of nitrogens with two attached hydrogens (primary N) is 2. The summed E-state index contributed by atoms with van der Waals surface area (Å²) in [6.45, 7) is 0. The molecular formula is C14H13N7. The molecule has 2 aliphatic heterocycles. The van der Waals surface area contributed by atoms with Gasteiger partial charge in [-0.2, -0.15) is 0 Å². The van der Waals surface area contributed by atoms with Gasteiger partial charge in [-0.05, 0) is 18.2 Å². The second kappa shape index (κ2) is 4.27. The second-order valence-corrected chi connectivity index (χ2v) is 4.92. The molecule has 7 nitrogen and oxygen atoms in total. The van der Waals surface area contributed by atoms with Crippen LogP contribution in [0, 0.1) is 0 Å². The number of aliphatic imine (C=N–C) groups is 1. The minimum atomic E-state index is 0.00157. The van der Waals surface area contributed by atoms with Crippen LogP contribution in [0.5, 0.6) is 0 Å². The first-order valence-corrected chi connectivity index (χ1v) is 6.58. The van der Waals surface area contributed by atoms with E-state index in [1.165, 1.54) is 0 Å².